The Kier molecular flexibility index (Phi) is 8.14. The van der Waals surface area contributed by atoms with Crippen LogP contribution in [0.15, 0.2) is 47.1 Å². The third-order valence-corrected chi connectivity index (χ3v) is 5.13. The fraction of sp³-hybridized carbons (Fsp3) is 0.500. The van der Waals surface area contributed by atoms with Crippen LogP contribution >= 0.6 is 0 Å². The Balaban J connectivity index is 2.32. The third-order valence-electron chi connectivity index (χ3n) is 5.13. The van der Waals surface area contributed by atoms with Gasteiger partial charge in [0.25, 0.3) is 0 Å². The lowest BCUT2D eigenvalue weighted by molar-refractivity contribution is -0.148. The van der Waals surface area contributed by atoms with Crippen LogP contribution in [0.5, 0.6) is 0 Å². The molecule has 0 radical (unpaired) electrons. The van der Waals surface area contributed by atoms with Crippen LogP contribution in [0, 0.1) is 5.92 Å². The van der Waals surface area contributed by atoms with Crippen molar-refractivity contribution in [3.63, 3.8) is 0 Å². The summed E-state index contributed by atoms with van der Waals surface area (Å²) in [6.45, 7) is 7.84. The van der Waals surface area contributed by atoms with E-state index in [4.69, 9.17) is 14.2 Å². The summed E-state index contributed by atoms with van der Waals surface area (Å²) in [4.78, 5) is 35.7. The Labute approximate surface area is 175 Å². The Morgan fingerprint density at radius 3 is 2.70 bits per heavy atom. The van der Waals surface area contributed by atoms with E-state index in [1.54, 1.807) is 13.0 Å². The molecule has 0 aromatic rings. The van der Waals surface area contributed by atoms with E-state index >= 15 is 0 Å². The highest BCUT2D eigenvalue weighted by Gasteiger charge is 2.44. The van der Waals surface area contributed by atoms with Gasteiger partial charge < -0.3 is 24.4 Å². The zero-order valence-corrected chi connectivity index (χ0v) is 17.4. The first-order chi connectivity index (χ1) is 14.1. The van der Waals surface area contributed by atoms with Gasteiger partial charge in [0, 0.05) is 18.9 Å². The number of esters is 3. The van der Waals surface area contributed by atoms with Gasteiger partial charge in [-0.2, -0.15) is 0 Å². The number of carbonyl (C=O) groups excluding carboxylic acids is 3. The van der Waals surface area contributed by atoms with Crippen molar-refractivity contribution in [2.24, 2.45) is 5.92 Å². The van der Waals surface area contributed by atoms with Crippen molar-refractivity contribution in [1.29, 1.82) is 0 Å². The van der Waals surface area contributed by atoms with Crippen LogP contribution in [0.1, 0.15) is 33.6 Å². The monoisotopic (exact) mass is 420 g/mol. The van der Waals surface area contributed by atoms with E-state index in [1.807, 2.05) is 13.0 Å². The van der Waals surface area contributed by atoms with Gasteiger partial charge in [0.2, 0.25) is 0 Å². The van der Waals surface area contributed by atoms with Crippen LogP contribution < -0.4 is 0 Å². The number of rotatable bonds is 5. The second-order valence-corrected chi connectivity index (χ2v) is 7.47. The topological polar surface area (TPSA) is 119 Å². The fourth-order valence-corrected chi connectivity index (χ4v) is 3.38. The van der Waals surface area contributed by atoms with Gasteiger partial charge in [0.1, 0.15) is 18.8 Å². The van der Waals surface area contributed by atoms with Crippen LogP contribution in [0.2, 0.25) is 0 Å². The lowest BCUT2D eigenvalue weighted by atomic mass is 9.85. The van der Waals surface area contributed by atoms with Crippen molar-refractivity contribution >= 4 is 17.9 Å². The summed E-state index contributed by atoms with van der Waals surface area (Å²) in [5.41, 5.74) is 1.62. The Bertz CT molecular complexity index is 804. The van der Waals surface area contributed by atoms with Gasteiger partial charge in [-0.05, 0) is 38.0 Å². The molecule has 1 aliphatic heterocycles. The molecule has 4 atom stereocenters. The number of aliphatic hydroxyl groups excluding tert-OH is 2. The molecule has 1 saturated heterocycles. The molecule has 0 spiro atoms. The molecule has 0 amide bonds. The summed E-state index contributed by atoms with van der Waals surface area (Å²) in [6.07, 6.45) is 3.24. The number of hydrogen-bond donors (Lipinski definition) is 2. The number of hydrogen-bond acceptors (Lipinski definition) is 8. The molecule has 2 aliphatic rings. The predicted octanol–water partition coefficient (Wildman–Crippen LogP) is 1.53. The minimum atomic E-state index is -0.786. The molecule has 2 rings (SSSR count). The van der Waals surface area contributed by atoms with E-state index < -0.39 is 48.7 Å². The summed E-state index contributed by atoms with van der Waals surface area (Å²) in [5, 5.41) is 19.8. The number of aliphatic hydroxyl groups is 2. The smallest absolute Gasteiger partial charge is 0.336 e. The standard InChI is InChI=1S/C22H28O8/c1-12-5-6-17(25)13(2)10-19-20(14(3)21(26)29-19)18(9-12)30-22(27)16(11-23)7-8-28-15(4)24/h5,7,10,17-20,23,25H,3,6,8-9,11H2,1-2,4H3/b12-5+,13-10+,16-7+/t17-,18+,19+,20+/m0/s1. The second-order valence-electron chi connectivity index (χ2n) is 7.47. The highest BCUT2D eigenvalue weighted by Crippen LogP contribution is 2.36. The summed E-state index contributed by atoms with van der Waals surface area (Å²) in [6, 6.07) is 0. The molecule has 1 heterocycles. The maximum Gasteiger partial charge on any atom is 0.336 e. The van der Waals surface area contributed by atoms with Gasteiger partial charge in [-0.1, -0.05) is 18.2 Å². The molecule has 0 bridgehead atoms. The average Bonchev–Trinajstić information content (AvgIpc) is 2.95. The first-order valence-corrected chi connectivity index (χ1v) is 9.70. The van der Waals surface area contributed by atoms with Crippen LogP contribution in [-0.4, -0.2) is 59.6 Å². The van der Waals surface area contributed by atoms with Crippen LogP contribution in [0.4, 0.5) is 0 Å². The van der Waals surface area contributed by atoms with Gasteiger partial charge in [-0.25, -0.2) is 9.59 Å². The van der Waals surface area contributed by atoms with E-state index in [0.29, 0.717) is 18.4 Å². The molecule has 0 aromatic heterocycles. The Morgan fingerprint density at radius 1 is 1.37 bits per heavy atom. The Morgan fingerprint density at radius 2 is 2.07 bits per heavy atom. The highest BCUT2D eigenvalue weighted by molar-refractivity contribution is 5.92. The van der Waals surface area contributed by atoms with Gasteiger partial charge in [-0.3, -0.25) is 4.79 Å². The fourth-order valence-electron chi connectivity index (χ4n) is 3.38. The molecular formula is C22H28O8. The lowest BCUT2D eigenvalue weighted by Crippen LogP contribution is -2.34. The molecule has 8 nitrogen and oxygen atoms in total. The molecule has 0 unspecified atom stereocenters. The molecular weight excluding hydrogens is 392 g/mol. The largest absolute Gasteiger partial charge is 0.462 e. The normalized spacial score (nSPS) is 30.9. The van der Waals surface area contributed by atoms with Crippen molar-refractivity contribution in [2.45, 2.75) is 51.9 Å². The minimum Gasteiger partial charge on any atom is -0.462 e. The maximum atomic E-state index is 12.6. The van der Waals surface area contributed by atoms with Crippen LogP contribution in [-0.2, 0) is 28.6 Å². The number of carbonyl (C=O) groups is 3. The van der Waals surface area contributed by atoms with Crippen molar-refractivity contribution in [3.05, 3.63) is 47.1 Å². The van der Waals surface area contributed by atoms with E-state index in [0.717, 1.165) is 5.57 Å². The molecule has 1 fully saturated rings. The third kappa shape index (κ3) is 5.90. The van der Waals surface area contributed by atoms with E-state index in [1.165, 1.54) is 13.0 Å². The van der Waals surface area contributed by atoms with Crippen LogP contribution in [0.25, 0.3) is 0 Å². The molecule has 0 aromatic carbocycles. The highest BCUT2D eigenvalue weighted by atomic mass is 16.6. The van der Waals surface area contributed by atoms with Gasteiger partial charge in [0.05, 0.1) is 24.2 Å². The van der Waals surface area contributed by atoms with Gasteiger partial charge in [0.15, 0.2) is 0 Å². The minimum absolute atomic E-state index is 0.0653. The number of ether oxygens (including phenoxy) is 3. The first kappa shape index (κ1) is 23.6. The first-order valence-electron chi connectivity index (χ1n) is 9.70. The predicted molar refractivity (Wildman–Crippen MR) is 107 cm³/mol. The van der Waals surface area contributed by atoms with Crippen molar-refractivity contribution < 1.29 is 38.8 Å². The summed E-state index contributed by atoms with van der Waals surface area (Å²) in [5.74, 6) is -2.53. The molecule has 2 N–H and O–H groups in total. The maximum absolute atomic E-state index is 12.6. The van der Waals surface area contributed by atoms with Crippen LogP contribution in [0.3, 0.4) is 0 Å². The quantitative estimate of drug-likeness (QED) is 0.297. The second kappa shape index (κ2) is 10.4. The van der Waals surface area contributed by atoms with Crippen molar-refractivity contribution in [3.8, 4) is 0 Å². The van der Waals surface area contributed by atoms with Crippen molar-refractivity contribution in [2.75, 3.05) is 13.2 Å². The zero-order chi connectivity index (χ0) is 22.4. The Hall–Kier alpha value is -2.71. The van der Waals surface area contributed by atoms with E-state index in [9.17, 15) is 24.6 Å². The molecule has 0 saturated carbocycles. The summed E-state index contributed by atoms with van der Waals surface area (Å²) < 4.78 is 15.8. The zero-order valence-electron chi connectivity index (χ0n) is 17.4. The molecule has 8 heteroatoms. The van der Waals surface area contributed by atoms with Gasteiger partial charge in [-0.15, -0.1) is 0 Å². The summed E-state index contributed by atoms with van der Waals surface area (Å²) >= 11 is 0. The summed E-state index contributed by atoms with van der Waals surface area (Å²) in [7, 11) is 0. The average molecular weight is 420 g/mol. The lowest BCUT2D eigenvalue weighted by Gasteiger charge is -2.28. The molecule has 30 heavy (non-hydrogen) atoms. The van der Waals surface area contributed by atoms with E-state index in [2.05, 4.69) is 6.58 Å². The van der Waals surface area contributed by atoms with Crippen molar-refractivity contribution in [1.82, 2.24) is 0 Å². The molecule has 1 aliphatic carbocycles. The molecule has 164 valence electrons. The SMILES string of the molecule is C=C1C(=O)O[C@@H]2/C=C(\C)[C@@H](O)C/C=C(\C)C[C@@H](OC(=O)/C(=C/COC(C)=O)CO)[C@@H]12. The number of fused-ring (bicyclic) bond motifs is 1. The van der Waals surface area contributed by atoms with E-state index in [-0.39, 0.29) is 17.8 Å². The van der Waals surface area contributed by atoms with Gasteiger partial charge >= 0.3 is 17.9 Å².